The molecule has 0 aliphatic rings. The van der Waals surface area contributed by atoms with Crippen molar-refractivity contribution >= 4 is 11.8 Å². The van der Waals surface area contributed by atoms with E-state index < -0.39 is 11.9 Å². The first kappa shape index (κ1) is 22.8. The Kier molecular flexibility index (Phi) is 7.35. The highest BCUT2D eigenvalue weighted by molar-refractivity contribution is 5.96. The van der Waals surface area contributed by atoms with Crippen molar-refractivity contribution in [3.63, 3.8) is 0 Å². The zero-order valence-electron chi connectivity index (χ0n) is 18.7. The average Bonchev–Trinajstić information content (AvgIpc) is 3.39. The molecule has 0 spiro atoms. The van der Waals surface area contributed by atoms with E-state index in [4.69, 9.17) is 9.26 Å². The molecule has 0 aliphatic heterocycles. The molecule has 1 heterocycles. The number of methoxy groups -OCH3 is 1. The lowest BCUT2D eigenvalue weighted by Gasteiger charge is -2.18. The predicted molar refractivity (Wildman–Crippen MR) is 128 cm³/mol. The molecule has 34 heavy (non-hydrogen) atoms. The van der Waals surface area contributed by atoms with Crippen molar-refractivity contribution in [2.45, 2.75) is 19.0 Å². The van der Waals surface area contributed by atoms with Gasteiger partial charge in [0.15, 0.2) is 11.5 Å². The summed E-state index contributed by atoms with van der Waals surface area (Å²) in [5, 5.41) is 9.61. The van der Waals surface area contributed by atoms with Gasteiger partial charge >= 0.3 is 0 Å². The number of nitrogens with one attached hydrogen (secondary N) is 2. The number of rotatable bonds is 9. The topological polar surface area (TPSA) is 93.5 Å². The fourth-order valence-corrected chi connectivity index (χ4v) is 3.47. The third-order valence-corrected chi connectivity index (χ3v) is 5.33. The molecule has 1 aromatic heterocycles. The minimum atomic E-state index is -0.778. The summed E-state index contributed by atoms with van der Waals surface area (Å²) in [5.74, 6) is 0.395. The summed E-state index contributed by atoms with van der Waals surface area (Å²) >= 11 is 0. The standard InChI is InChI=1S/C27H25N3O4/c1-33-22-14-12-21(13-15-22)25-17-24(30-34-25)27(32)29-23(16-19-8-4-2-5-9-19)26(31)28-18-20-10-6-3-7-11-20/h2-15,17,23H,16,18H2,1H3,(H,28,31)(H,29,32). The third-order valence-electron chi connectivity index (χ3n) is 5.33. The number of carbonyl (C=O) groups is 2. The lowest BCUT2D eigenvalue weighted by atomic mass is 10.0. The van der Waals surface area contributed by atoms with Crippen molar-refractivity contribution in [1.29, 1.82) is 0 Å². The van der Waals surface area contributed by atoms with E-state index in [9.17, 15) is 9.59 Å². The van der Waals surface area contributed by atoms with Crippen molar-refractivity contribution in [3.05, 3.63) is 108 Å². The second-order valence-corrected chi connectivity index (χ2v) is 7.72. The first-order chi connectivity index (χ1) is 16.6. The maximum absolute atomic E-state index is 13.0. The van der Waals surface area contributed by atoms with Crippen molar-refractivity contribution < 1.29 is 18.8 Å². The van der Waals surface area contributed by atoms with Crippen LogP contribution in [0.15, 0.2) is 95.5 Å². The van der Waals surface area contributed by atoms with Gasteiger partial charge in [0, 0.05) is 24.6 Å². The molecule has 2 amide bonds. The van der Waals surface area contributed by atoms with Crippen LogP contribution < -0.4 is 15.4 Å². The number of hydrogen-bond donors (Lipinski definition) is 2. The van der Waals surface area contributed by atoms with Gasteiger partial charge in [-0.3, -0.25) is 9.59 Å². The molecule has 0 saturated carbocycles. The Morgan fingerprint density at radius 1 is 0.912 bits per heavy atom. The van der Waals surface area contributed by atoms with E-state index in [1.165, 1.54) is 0 Å². The Bertz CT molecular complexity index is 1220. The van der Waals surface area contributed by atoms with Gasteiger partial charge in [0.05, 0.1) is 7.11 Å². The molecule has 0 fully saturated rings. The number of ether oxygens (including phenoxy) is 1. The van der Waals surface area contributed by atoms with Gasteiger partial charge in [-0.2, -0.15) is 0 Å². The molecule has 0 saturated heterocycles. The molecule has 1 unspecified atom stereocenters. The van der Waals surface area contributed by atoms with Gasteiger partial charge in [0.2, 0.25) is 5.91 Å². The summed E-state index contributed by atoms with van der Waals surface area (Å²) < 4.78 is 10.5. The summed E-state index contributed by atoms with van der Waals surface area (Å²) in [4.78, 5) is 25.9. The molecule has 0 radical (unpaired) electrons. The summed E-state index contributed by atoms with van der Waals surface area (Å²) in [6, 6.07) is 27.1. The van der Waals surface area contributed by atoms with E-state index in [1.807, 2.05) is 72.8 Å². The highest BCUT2D eigenvalue weighted by Crippen LogP contribution is 2.23. The number of aromatic nitrogens is 1. The Morgan fingerprint density at radius 3 is 2.21 bits per heavy atom. The van der Waals surface area contributed by atoms with E-state index in [2.05, 4.69) is 15.8 Å². The lowest BCUT2D eigenvalue weighted by molar-refractivity contribution is -0.123. The van der Waals surface area contributed by atoms with Gasteiger partial charge in [-0.05, 0) is 35.4 Å². The van der Waals surface area contributed by atoms with Crippen LogP contribution in [0.4, 0.5) is 0 Å². The van der Waals surface area contributed by atoms with Gasteiger partial charge in [-0.25, -0.2) is 0 Å². The Hall–Kier alpha value is -4.39. The molecule has 0 bridgehead atoms. The number of nitrogens with zero attached hydrogens (tertiary/aromatic N) is 1. The molecule has 3 aromatic carbocycles. The van der Waals surface area contributed by atoms with Gasteiger partial charge in [0.25, 0.3) is 5.91 Å². The number of benzene rings is 3. The zero-order chi connectivity index (χ0) is 23.8. The van der Waals surface area contributed by atoms with Gasteiger partial charge < -0.3 is 19.9 Å². The van der Waals surface area contributed by atoms with Crippen LogP contribution in [-0.4, -0.2) is 30.1 Å². The van der Waals surface area contributed by atoms with E-state index in [0.29, 0.717) is 24.5 Å². The average molecular weight is 456 g/mol. The minimum absolute atomic E-state index is 0.0970. The zero-order valence-corrected chi connectivity index (χ0v) is 18.7. The predicted octanol–water partition coefficient (Wildman–Crippen LogP) is 4.01. The first-order valence-electron chi connectivity index (χ1n) is 10.9. The molecule has 172 valence electrons. The number of hydrogen-bond acceptors (Lipinski definition) is 5. The van der Waals surface area contributed by atoms with Crippen LogP contribution in [0.1, 0.15) is 21.6 Å². The van der Waals surface area contributed by atoms with Crippen molar-refractivity contribution in [3.8, 4) is 17.1 Å². The highest BCUT2D eigenvalue weighted by atomic mass is 16.5. The van der Waals surface area contributed by atoms with Crippen LogP contribution in [0.25, 0.3) is 11.3 Å². The monoisotopic (exact) mass is 455 g/mol. The SMILES string of the molecule is COc1ccc(-c2cc(C(=O)NC(Cc3ccccc3)C(=O)NCc3ccccc3)no2)cc1. The first-order valence-corrected chi connectivity index (χ1v) is 10.9. The van der Waals surface area contributed by atoms with E-state index in [0.717, 1.165) is 16.7 Å². The Morgan fingerprint density at radius 2 is 1.56 bits per heavy atom. The Balaban J connectivity index is 1.46. The number of amides is 2. The van der Waals surface area contributed by atoms with E-state index in [-0.39, 0.29) is 11.6 Å². The van der Waals surface area contributed by atoms with Crippen LogP contribution >= 0.6 is 0 Å². The van der Waals surface area contributed by atoms with Crippen molar-refractivity contribution in [2.75, 3.05) is 7.11 Å². The van der Waals surface area contributed by atoms with E-state index >= 15 is 0 Å². The number of carbonyl (C=O) groups excluding carboxylic acids is 2. The quantitative estimate of drug-likeness (QED) is 0.398. The maximum atomic E-state index is 13.0. The maximum Gasteiger partial charge on any atom is 0.274 e. The van der Waals surface area contributed by atoms with Gasteiger partial charge in [-0.15, -0.1) is 0 Å². The third kappa shape index (κ3) is 5.89. The molecule has 7 nitrogen and oxygen atoms in total. The fraction of sp³-hybridized carbons (Fsp3) is 0.148. The smallest absolute Gasteiger partial charge is 0.274 e. The summed E-state index contributed by atoms with van der Waals surface area (Å²) in [5.41, 5.74) is 2.76. The van der Waals surface area contributed by atoms with Crippen LogP contribution in [0.2, 0.25) is 0 Å². The Labute approximate surface area is 197 Å². The van der Waals surface area contributed by atoms with Gasteiger partial charge in [-0.1, -0.05) is 65.8 Å². The van der Waals surface area contributed by atoms with Crippen molar-refractivity contribution in [1.82, 2.24) is 15.8 Å². The molecule has 1 atom stereocenters. The molecule has 2 N–H and O–H groups in total. The summed E-state index contributed by atoms with van der Waals surface area (Å²) in [7, 11) is 1.59. The van der Waals surface area contributed by atoms with Crippen LogP contribution in [-0.2, 0) is 17.8 Å². The second kappa shape index (κ2) is 11.0. The van der Waals surface area contributed by atoms with E-state index in [1.54, 1.807) is 25.3 Å². The van der Waals surface area contributed by atoms with Crippen LogP contribution in [0.5, 0.6) is 5.75 Å². The van der Waals surface area contributed by atoms with Crippen LogP contribution in [0, 0.1) is 0 Å². The van der Waals surface area contributed by atoms with Crippen LogP contribution in [0.3, 0.4) is 0 Å². The highest BCUT2D eigenvalue weighted by Gasteiger charge is 2.24. The molecule has 4 aromatic rings. The second-order valence-electron chi connectivity index (χ2n) is 7.72. The minimum Gasteiger partial charge on any atom is -0.497 e. The summed E-state index contributed by atoms with van der Waals surface area (Å²) in [6.07, 6.45) is 0.344. The molecule has 0 aliphatic carbocycles. The largest absolute Gasteiger partial charge is 0.497 e. The molecular formula is C27H25N3O4. The fourth-order valence-electron chi connectivity index (χ4n) is 3.47. The van der Waals surface area contributed by atoms with Crippen molar-refractivity contribution in [2.24, 2.45) is 0 Å². The molecule has 7 heteroatoms. The molecular weight excluding hydrogens is 430 g/mol. The normalized spacial score (nSPS) is 11.4. The lowest BCUT2D eigenvalue weighted by Crippen LogP contribution is -2.47. The molecule has 4 rings (SSSR count). The van der Waals surface area contributed by atoms with Gasteiger partial charge in [0.1, 0.15) is 11.8 Å². The summed E-state index contributed by atoms with van der Waals surface area (Å²) in [6.45, 7) is 0.367.